The average Bonchev–Trinajstić information content (AvgIpc) is 2.93. The van der Waals surface area contributed by atoms with Gasteiger partial charge < -0.3 is 9.80 Å². The van der Waals surface area contributed by atoms with E-state index >= 15 is 0 Å². The van der Waals surface area contributed by atoms with Crippen molar-refractivity contribution in [1.29, 1.82) is 0 Å². The molecule has 0 unspecified atom stereocenters. The third-order valence-corrected chi connectivity index (χ3v) is 7.64. The molecule has 1 aliphatic rings. The monoisotopic (exact) mass is 516 g/mol. The molecule has 37 heavy (non-hydrogen) atoms. The number of amides is 2. The van der Waals surface area contributed by atoms with Crippen LogP contribution in [-0.2, 0) is 10.0 Å². The molecule has 1 saturated heterocycles. The van der Waals surface area contributed by atoms with Crippen molar-refractivity contribution in [2.24, 2.45) is 0 Å². The number of anilines is 1. The van der Waals surface area contributed by atoms with Crippen LogP contribution in [0.4, 0.5) is 5.69 Å². The summed E-state index contributed by atoms with van der Waals surface area (Å²) < 4.78 is 28.9. The van der Waals surface area contributed by atoms with Gasteiger partial charge in [-0.15, -0.1) is 0 Å². The maximum atomic E-state index is 13.2. The van der Waals surface area contributed by atoms with Gasteiger partial charge in [0.1, 0.15) is 10.6 Å². The molecule has 10 nitrogen and oxygen atoms in total. The molecule has 1 N–H and O–H groups in total. The first kappa shape index (κ1) is 24.3. The van der Waals surface area contributed by atoms with Crippen molar-refractivity contribution in [3.8, 4) is 0 Å². The highest BCUT2D eigenvalue weighted by Gasteiger charge is 2.27. The first-order valence-electron chi connectivity index (χ1n) is 11.7. The van der Waals surface area contributed by atoms with Crippen molar-refractivity contribution in [1.82, 2.24) is 24.8 Å². The summed E-state index contributed by atoms with van der Waals surface area (Å²) in [4.78, 5) is 41.3. The van der Waals surface area contributed by atoms with E-state index in [1.54, 1.807) is 65.4 Å². The normalized spacial score (nSPS) is 14.0. The second-order valence-corrected chi connectivity index (χ2v) is 10.3. The van der Waals surface area contributed by atoms with Crippen LogP contribution in [0.2, 0.25) is 0 Å². The zero-order valence-corrected chi connectivity index (χ0v) is 20.9. The number of benzene rings is 2. The van der Waals surface area contributed by atoms with Gasteiger partial charge in [0, 0.05) is 55.7 Å². The number of pyridine rings is 1. The van der Waals surface area contributed by atoms with E-state index in [2.05, 4.69) is 19.7 Å². The SMILES string of the molecule is Cc1cc(C(=O)N2CCN(C(=O)c3cnccn3)CC2)ccc1NS(=O)(=O)c1cccc2cccnc12. The second kappa shape index (κ2) is 9.94. The fourth-order valence-electron chi connectivity index (χ4n) is 4.27. The quantitative estimate of drug-likeness (QED) is 0.432. The molecule has 0 bridgehead atoms. The summed E-state index contributed by atoms with van der Waals surface area (Å²) in [5, 5.41) is 0.724. The molecule has 3 heterocycles. The van der Waals surface area contributed by atoms with Crippen LogP contribution >= 0.6 is 0 Å². The zero-order valence-electron chi connectivity index (χ0n) is 20.0. The minimum absolute atomic E-state index is 0.0825. The van der Waals surface area contributed by atoms with Gasteiger partial charge >= 0.3 is 0 Å². The lowest BCUT2D eigenvalue weighted by Crippen LogP contribution is -2.50. The van der Waals surface area contributed by atoms with Crippen LogP contribution in [0.15, 0.2) is 78.2 Å². The molecule has 1 aliphatic heterocycles. The van der Waals surface area contributed by atoms with E-state index in [1.165, 1.54) is 24.7 Å². The molecule has 0 spiro atoms. The molecule has 0 aliphatic carbocycles. The van der Waals surface area contributed by atoms with Gasteiger partial charge in [-0.05, 0) is 42.8 Å². The fourth-order valence-corrected chi connectivity index (χ4v) is 5.58. The maximum absolute atomic E-state index is 13.2. The number of sulfonamides is 1. The van der Waals surface area contributed by atoms with Crippen LogP contribution in [0.1, 0.15) is 26.4 Å². The lowest BCUT2D eigenvalue weighted by molar-refractivity contribution is 0.0532. The highest BCUT2D eigenvalue weighted by molar-refractivity contribution is 7.93. The summed E-state index contributed by atoms with van der Waals surface area (Å²) in [6.07, 6.45) is 5.96. The van der Waals surface area contributed by atoms with E-state index in [4.69, 9.17) is 0 Å². The number of piperazine rings is 1. The van der Waals surface area contributed by atoms with E-state index < -0.39 is 10.0 Å². The molecule has 2 aromatic heterocycles. The van der Waals surface area contributed by atoms with Crippen LogP contribution < -0.4 is 4.72 Å². The minimum Gasteiger partial charge on any atom is -0.335 e. The lowest BCUT2D eigenvalue weighted by atomic mass is 10.1. The summed E-state index contributed by atoms with van der Waals surface area (Å²) in [6.45, 7) is 3.28. The number of hydrogen-bond acceptors (Lipinski definition) is 7. The number of para-hydroxylation sites is 1. The van der Waals surface area contributed by atoms with E-state index in [1.807, 2.05) is 0 Å². The van der Waals surface area contributed by atoms with Crippen molar-refractivity contribution in [2.45, 2.75) is 11.8 Å². The molecule has 188 valence electrons. The Hall–Kier alpha value is -4.38. The van der Waals surface area contributed by atoms with Crippen LogP contribution in [0.5, 0.6) is 0 Å². The third-order valence-electron chi connectivity index (χ3n) is 6.24. The highest BCUT2D eigenvalue weighted by Crippen LogP contribution is 2.25. The van der Waals surface area contributed by atoms with Crippen LogP contribution in [0.3, 0.4) is 0 Å². The number of nitrogens with zero attached hydrogens (tertiary/aromatic N) is 5. The highest BCUT2D eigenvalue weighted by atomic mass is 32.2. The number of fused-ring (bicyclic) bond motifs is 1. The van der Waals surface area contributed by atoms with Crippen molar-refractivity contribution in [3.63, 3.8) is 0 Å². The minimum atomic E-state index is -3.91. The number of nitrogens with one attached hydrogen (secondary N) is 1. The Labute approximate surface area is 214 Å². The van der Waals surface area contributed by atoms with E-state index in [-0.39, 0.29) is 22.4 Å². The molecule has 0 atom stereocenters. The number of rotatable bonds is 5. The largest absolute Gasteiger partial charge is 0.335 e. The lowest BCUT2D eigenvalue weighted by Gasteiger charge is -2.34. The van der Waals surface area contributed by atoms with Crippen LogP contribution in [0, 0.1) is 6.92 Å². The molecule has 2 aromatic carbocycles. The molecule has 0 radical (unpaired) electrons. The van der Waals surface area contributed by atoms with Crippen molar-refractivity contribution < 1.29 is 18.0 Å². The van der Waals surface area contributed by atoms with Crippen molar-refractivity contribution in [2.75, 3.05) is 30.9 Å². The van der Waals surface area contributed by atoms with Gasteiger partial charge in [-0.1, -0.05) is 18.2 Å². The van der Waals surface area contributed by atoms with Gasteiger partial charge in [0.25, 0.3) is 21.8 Å². The molecular formula is C26H24N6O4S. The Bertz CT molecular complexity index is 1580. The zero-order chi connectivity index (χ0) is 26.0. The van der Waals surface area contributed by atoms with Crippen LogP contribution in [-0.4, -0.2) is 71.2 Å². The summed E-state index contributed by atoms with van der Waals surface area (Å²) in [5.41, 5.74) is 2.10. The summed E-state index contributed by atoms with van der Waals surface area (Å²) in [7, 11) is -3.91. The van der Waals surface area contributed by atoms with Crippen molar-refractivity contribution in [3.05, 3.63) is 90.1 Å². The smallest absolute Gasteiger partial charge is 0.274 e. The molecule has 2 amide bonds. The van der Waals surface area contributed by atoms with E-state index in [0.717, 1.165) is 5.39 Å². The topological polar surface area (TPSA) is 125 Å². The molecule has 0 saturated carbocycles. The number of carbonyl (C=O) groups is 2. The maximum Gasteiger partial charge on any atom is 0.274 e. The number of aryl methyl sites for hydroxylation is 1. The summed E-state index contributed by atoms with van der Waals surface area (Å²) >= 11 is 0. The number of hydrogen-bond donors (Lipinski definition) is 1. The predicted molar refractivity (Wildman–Crippen MR) is 138 cm³/mol. The summed E-state index contributed by atoms with van der Waals surface area (Å²) in [5.74, 6) is -0.392. The van der Waals surface area contributed by atoms with Gasteiger partial charge in [0.15, 0.2) is 0 Å². The Morgan fingerprint density at radius 2 is 1.59 bits per heavy atom. The number of carbonyl (C=O) groups excluding carboxylic acids is 2. The Balaban J connectivity index is 1.27. The molecule has 1 fully saturated rings. The first-order chi connectivity index (χ1) is 17.8. The Morgan fingerprint density at radius 1 is 0.865 bits per heavy atom. The van der Waals surface area contributed by atoms with Gasteiger partial charge in [0.2, 0.25) is 0 Å². The first-order valence-corrected chi connectivity index (χ1v) is 13.1. The van der Waals surface area contributed by atoms with Gasteiger partial charge in [-0.2, -0.15) is 0 Å². The Morgan fingerprint density at radius 3 is 2.30 bits per heavy atom. The van der Waals surface area contributed by atoms with Gasteiger partial charge in [-0.25, -0.2) is 13.4 Å². The van der Waals surface area contributed by atoms with E-state index in [0.29, 0.717) is 48.5 Å². The Kier molecular flexibility index (Phi) is 6.53. The predicted octanol–water partition coefficient (Wildman–Crippen LogP) is 2.73. The molecule has 4 aromatic rings. The van der Waals surface area contributed by atoms with Crippen LogP contribution in [0.25, 0.3) is 10.9 Å². The molecule has 11 heteroatoms. The van der Waals surface area contributed by atoms with Crippen molar-refractivity contribution >= 4 is 38.4 Å². The molecular weight excluding hydrogens is 492 g/mol. The fraction of sp³-hybridized carbons (Fsp3) is 0.192. The second-order valence-electron chi connectivity index (χ2n) is 8.64. The summed E-state index contributed by atoms with van der Waals surface area (Å²) in [6, 6.07) is 13.4. The molecule has 5 rings (SSSR count). The van der Waals surface area contributed by atoms with Gasteiger partial charge in [-0.3, -0.25) is 24.3 Å². The van der Waals surface area contributed by atoms with Gasteiger partial charge in [0.05, 0.1) is 17.4 Å². The van der Waals surface area contributed by atoms with E-state index in [9.17, 15) is 18.0 Å². The third kappa shape index (κ3) is 4.98. The number of aromatic nitrogens is 3. The average molecular weight is 517 g/mol. The standard InChI is InChI=1S/C26H24N6O4S/c1-18-16-20(25(33)31-12-14-32(15-13-31)26(34)22-17-27-10-11-28-22)7-8-21(18)30-37(35,36)23-6-2-4-19-5-3-9-29-24(19)23/h2-11,16-17,30H,12-15H2,1H3.